The summed E-state index contributed by atoms with van der Waals surface area (Å²) in [5, 5.41) is 19.2. The highest BCUT2D eigenvalue weighted by Gasteiger charge is 2.62. The second-order valence-corrected chi connectivity index (χ2v) is 7.34. The van der Waals surface area contributed by atoms with E-state index in [0.29, 0.717) is 21.7 Å². The third kappa shape index (κ3) is 3.83. The minimum Gasteiger partial charge on any atom is -0.465 e. The van der Waals surface area contributed by atoms with Crippen molar-refractivity contribution in [2.24, 2.45) is 5.41 Å². The first-order valence-electron chi connectivity index (χ1n) is 10.0. The van der Waals surface area contributed by atoms with Crippen LogP contribution in [0.5, 0.6) is 0 Å². The number of hydrogen-bond acceptors (Lipinski definition) is 6. The number of rotatable bonds is 6. The second-order valence-electron chi connectivity index (χ2n) is 6.90. The van der Waals surface area contributed by atoms with Gasteiger partial charge in [0.25, 0.3) is 0 Å². The topological polar surface area (TPSA) is 100 Å². The van der Waals surface area contributed by atoms with E-state index in [1.807, 2.05) is 12.1 Å². The monoisotopic (exact) mass is 448 g/mol. The lowest BCUT2D eigenvalue weighted by Crippen LogP contribution is -2.47. The van der Waals surface area contributed by atoms with Crippen molar-refractivity contribution in [2.75, 3.05) is 13.2 Å². The second kappa shape index (κ2) is 9.63. The summed E-state index contributed by atoms with van der Waals surface area (Å²) >= 11 is 6.04. The molecule has 1 aliphatic rings. The molecule has 0 fully saturated rings. The lowest BCUT2D eigenvalue weighted by molar-refractivity contribution is -0.163. The summed E-state index contributed by atoms with van der Waals surface area (Å²) in [6, 6.07) is 17.7. The zero-order chi connectivity index (χ0) is 23.3. The lowest BCUT2D eigenvalue weighted by Gasteiger charge is -2.27. The van der Waals surface area contributed by atoms with Gasteiger partial charge < -0.3 is 14.9 Å². The Hall–Kier alpha value is -3.69. The van der Waals surface area contributed by atoms with Crippen LogP contribution in [-0.2, 0) is 19.1 Å². The van der Waals surface area contributed by atoms with Gasteiger partial charge in [-0.05, 0) is 48.8 Å². The minimum absolute atomic E-state index is 0.00987. The van der Waals surface area contributed by atoms with Crippen LogP contribution in [0.2, 0.25) is 5.02 Å². The summed E-state index contributed by atoms with van der Waals surface area (Å²) in [7, 11) is 0. The Bertz CT molecular complexity index is 1140. The third-order valence-corrected chi connectivity index (χ3v) is 5.32. The van der Waals surface area contributed by atoms with Crippen LogP contribution in [0.25, 0.3) is 11.6 Å². The SMILES string of the molecule is CCOC(=O)C1(C(=O)OCC)C(=N)C(C#N)=C(c2ccc(Cl)cc2)/C1=C\c1ccccc1. The first kappa shape index (κ1) is 23.0. The maximum Gasteiger partial charge on any atom is 0.334 e. The number of hydrogen-bond donors (Lipinski definition) is 1. The fourth-order valence-corrected chi connectivity index (χ4v) is 3.81. The summed E-state index contributed by atoms with van der Waals surface area (Å²) in [4.78, 5) is 26.7. The number of nitrogens with one attached hydrogen (secondary N) is 1. The number of carbonyl (C=O) groups is 2. The fourth-order valence-electron chi connectivity index (χ4n) is 3.68. The molecule has 0 aliphatic heterocycles. The van der Waals surface area contributed by atoms with Crippen LogP contribution >= 0.6 is 11.6 Å². The highest BCUT2D eigenvalue weighted by Crippen LogP contribution is 2.51. The molecule has 0 spiro atoms. The summed E-state index contributed by atoms with van der Waals surface area (Å²) in [6.45, 7) is 3.19. The molecule has 2 aromatic carbocycles. The summed E-state index contributed by atoms with van der Waals surface area (Å²) < 4.78 is 10.5. The highest BCUT2D eigenvalue weighted by atomic mass is 35.5. The molecule has 0 radical (unpaired) electrons. The minimum atomic E-state index is -2.22. The van der Waals surface area contributed by atoms with E-state index in [0.717, 1.165) is 0 Å². The van der Waals surface area contributed by atoms with Crippen molar-refractivity contribution < 1.29 is 19.1 Å². The smallest absolute Gasteiger partial charge is 0.334 e. The maximum absolute atomic E-state index is 13.3. The van der Waals surface area contributed by atoms with Crippen LogP contribution in [0.3, 0.4) is 0 Å². The number of nitriles is 1. The fraction of sp³-hybridized carbons (Fsp3) is 0.200. The van der Waals surface area contributed by atoms with E-state index in [9.17, 15) is 14.9 Å². The molecule has 0 heterocycles. The van der Waals surface area contributed by atoms with Crippen molar-refractivity contribution in [3.8, 4) is 6.07 Å². The largest absolute Gasteiger partial charge is 0.465 e. The Morgan fingerprint density at radius 2 is 1.59 bits per heavy atom. The van der Waals surface area contributed by atoms with Crippen LogP contribution in [0.4, 0.5) is 0 Å². The summed E-state index contributed by atoms with van der Waals surface area (Å²) in [5.41, 5.74) is -1.13. The van der Waals surface area contributed by atoms with Crippen LogP contribution in [-0.4, -0.2) is 30.9 Å². The van der Waals surface area contributed by atoms with E-state index >= 15 is 0 Å². The molecule has 6 nitrogen and oxygen atoms in total. The molecular weight excluding hydrogens is 428 g/mol. The Balaban J connectivity index is 2.41. The molecule has 2 aromatic rings. The molecule has 0 saturated heterocycles. The Kier molecular flexibility index (Phi) is 6.92. The van der Waals surface area contributed by atoms with Crippen molar-refractivity contribution in [2.45, 2.75) is 13.8 Å². The number of nitrogens with zero attached hydrogens (tertiary/aromatic N) is 1. The molecule has 3 rings (SSSR count). The van der Waals surface area contributed by atoms with E-state index < -0.39 is 23.1 Å². The van der Waals surface area contributed by atoms with Crippen molar-refractivity contribution >= 4 is 40.9 Å². The Labute approximate surface area is 191 Å². The van der Waals surface area contributed by atoms with Gasteiger partial charge in [0.15, 0.2) is 0 Å². The number of allylic oxidation sites excluding steroid dienone is 2. The van der Waals surface area contributed by atoms with Crippen molar-refractivity contribution in [3.63, 3.8) is 0 Å². The van der Waals surface area contributed by atoms with Crippen LogP contribution < -0.4 is 0 Å². The molecule has 1 N–H and O–H groups in total. The van der Waals surface area contributed by atoms with Gasteiger partial charge in [-0.1, -0.05) is 54.1 Å². The van der Waals surface area contributed by atoms with Gasteiger partial charge in [0.1, 0.15) is 6.07 Å². The average molecular weight is 449 g/mol. The quantitative estimate of drug-likeness (QED) is 0.503. The van der Waals surface area contributed by atoms with Gasteiger partial charge in [-0.15, -0.1) is 0 Å². The number of ether oxygens (including phenoxy) is 2. The molecule has 0 aromatic heterocycles. The molecule has 7 heteroatoms. The number of esters is 2. The van der Waals surface area contributed by atoms with Crippen molar-refractivity contribution in [3.05, 3.63) is 81.9 Å². The van der Waals surface area contributed by atoms with E-state index in [1.165, 1.54) is 0 Å². The Morgan fingerprint density at radius 1 is 1.03 bits per heavy atom. The normalized spacial score (nSPS) is 16.1. The van der Waals surface area contributed by atoms with Gasteiger partial charge in [-0.3, -0.25) is 9.59 Å². The summed E-state index contributed by atoms with van der Waals surface area (Å²) in [5.74, 6) is -1.91. The van der Waals surface area contributed by atoms with Crippen LogP contribution in [0.15, 0.2) is 65.7 Å². The molecule has 0 bridgehead atoms. The van der Waals surface area contributed by atoms with Crippen molar-refractivity contribution in [1.82, 2.24) is 0 Å². The first-order valence-corrected chi connectivity index (χ1v) is 10.4. The molecule has 0 amide bonds. The predicted molar refractivity (Wildman–Crippen MR) is 122 cm³/mol. The van der Waals surface area contributed by atoms with Crippen LogP contribution in [0, 0.1) is 22.2 Å². The predicted octanol–water partition coefficient (Wildman–Crippen LogP) is 4.85. The van der Waals surface area contributed by atoms with Gasteiger partial charge in [0, 0.05) is 10.6 Å². The number of carbonyl (C=O) groups excluding carboxylic acids is 2. The van der Waals surface area contributed by atoms with Gasteiger partial charge in [0.05, 0.1) is 24.5 Å². The number of benzene rings is 2. The van der Waals surface area contributed by atoms with E-state index in [-0.39, 0.29) is 24.4 Å². The molecular formula is C25H21ClN2O4. The highest BCUT2D eigenvalue weighted by molar-refractivity contribution is 6.39. The van der Waals surface area contributed by atoms with Gasteiger partial charge in [0.2, 0.25) is 5.41 Å². The molecule has 162 valence electrons. The lowest BCUT2D eigenvalue weighted by atomic mass is 9.76. The molecule has 0 unspecified atom stereocenters. The van der Waals surface area contributed by atoms with Gasteiger partial charge in [-0.2, -0.15) is 5.26 Å². The molecule has 0 atom stereocenters. The van der Waals surface area contributed by atoms with Crippen molar-refractivity contribution in [1.29, 1.82) is 10.7 Å². The average Bonchev–Trinajstić information content (AvgIpc) is 3.03. The van der Waals surface area contributed by atoms with Gasteiger partial charge in [-0.25, -0.2) is 0 Å². The zero-order valence-electron chi connectivity index (χ0n) is 17.6. The number of halogens is 1. The molecule has 32 heavy (non-hydrogen) atoms. The van der Waals surface area contributed by atoms with Crippen LogP contribution in [0.1, 0.15) is 25.0 Å². The molecule has 1 aliphatic carbocycles. The Morgan fingerprint density at radius 3 is 2.09 bits per heavy atom. The maximum atomic E-state index is 13.3. The summed E-state index contributed by atoms with van der Waals surface area (Å²) in [6.07, 6.45) is 1.62. The van der Waals surface area contributed by atoms with E-state index in [4.69, 9.17) is 26.5 Å². The van der Waals surface area contributed by atoms with E-state index in [2.05, 4.69) is 0 Å². The van der Waals surface area contributed by atoms with Gasteiger partial charge >= 0.3 is 11.9 Å². The third-order valence-electron chi connectivity index (χ3n) is 5.07. The molecule has 0 saturated carbocycles. The zero-order valence-corrected chi connectivity index (χ0v) is 18.4. The first-order chi connectivity index (χ1) is 15.4. The standard InChI is InChI=1S/C25H21ClN2O4/c1-3-31-23(29)25(24(30)32-4-2)20(14-16-8-6-5-7-9-16)21(19(15-27)22(25)28)17-10-12-18(26)13-11-17/h5-14,28H,3-4H2,1-2H3/b20-14+,28-22?. The van der Waals surface area contributed by atoms with E-state index in [1.54, 1.807) is 68.5 Å².